The number of aryl methyl sites for hydroxylation is 1. The molecule has 90 valence electrons. The zero-order chi connectivity index (χ0) is 12.4. The normalized spacial score (nSPS) is 19.4. The van der Waals surface area contributed by atoms with Gasteiger partial charge in [-0.25, -0.2) is 0 Å². The second kappa shape index (κ2) is 4.53. The lowest BCUT2D eigenvalue weighted by molar-refractivity contribution is -0.141. The highest BCUT2D eigenvalue weighted by atomic mass is 16.4. The number of likely N-dealkylation sites (tertiary alicyclic amines) is 1. The lowest BCUT2D eigenvalue weighted by atomic mass is 10.1. The summed E-state index contributed by atoms with van der Waals surface area (Å²) in [4.78, 5) is 28.5. The molecule has 2 rings (SSSR count). The van der Waals surface area contributed by atoms with Gasteiger partial charge in [0, 0.05) is 19.3 Å². The van der Waals surface area contributed by atoms with Crippen LogP contribution in [0.1, 0.15) is 22.5 Å². The fraction of sp³-hybridized carbons (Fsp3) is 0.417. The smallest absolute Gasteiger partial charge is 0.308 e. The van der Waals surface area contributed by atoms with Gasteiger partial charge in [0.15, 0.2) is 0 Å². The van der Waals surface area contributed by atoms with Crippen LogP contribution in [-0.2, 0) is 4.79 Å². The van der Waals surface area contributed by atoms with E-state index < -0.39 is 11.9 Å². The second-order valence-electron chi connectivity index (χ2n) is 4.24. The molecule has 1 aromatic heterocycles. The van der Waals surface area contributed by atoms with Crippen LogP contribution >= 0.6 is 0 Å². The Hall–Kier alpha value is -1.91. The summed E-state index contributed by atoms with van der Waals surface area (Å²) in [5.74, 6) is -1.45. The molecule has 1 aliphatic heterocycles. The molecule has 0 aromatic carbocycles. The van der Waals surface area contributed by atoms with Crippen LogP contribution in [0, 0.1) is 12.8 Å². The molecule has 0 radical (unpaired) electrons. The summed E-state index contributed by atoms with van der Waals surface area (Å²) in [7, 11) is 0. The topological polar surface area (TPSA) is 70.5 Å². The molecule has 1 N–H and O–H groups in total. The van der Waals surface area contributed by atoms with Crippen molar-refractivity contribution in [3.8, 4) is 0 Å². The summed E-state index contributed by atoms with van der Waals surface area (Å²) < 4.78 is 0. The molecule has 1 aromatic rings. The number of pyridine rings is 1. The van der Waals surface area contributed by atoms with E-state index in [9.17, 15) is 9.59 Å². The van der Waals surface area contributed by atoms with Crippen LogP contribution < -0.4 is 0 Å². The van der Waals surface area contributed by atoms with Gasteiger partial charge in [0.2, 0.25) is 0 Å². The number of carbonyl (C=O) groups is 2. The molecule has 1 aliphatic rings. The van der Waals surface area contributed by atoms with Gasteiger partial charge in [-0.3, -0.25) is 14.6 Å². The van der Waals surface area contributed by atoms with Gasteiger partial charge in [-0.2, -0.15) is 0 Å². The molecule has 2 heterocycles. The number of hydrogen-bond donors (Lipinski definition) is 1. The molecule has 1 amide bonds. The Labute approximate surface area is 99.1 Å². The van der Waals surface area contributed by atoms with Crippen molar-refractivity contribution in [1.29, 1.82) is 0 Å². The monoisotopic (exact) mass is 234 g/mol. The maximum atomic E-state index is 12.1. The van der Waals surface area contributed by atoms with E-state index in [0.717, 1.165) is 5.56 Å². The van der Waals surface area contributed by atoms with Gasteiger partial charge in [-0.1, -0.05) is 6.07 Å². The predicted molar refractivity (Wildman–Crippen MR) is 60.6 cm³/mol. The molecule has 5 nitrogen and oxygen atoms in total. The third-order valence-corrected chi connectivity index (χ3v) is 3.04. The number of carboxylic acids is 1. The van der Waals surface area contributed by atoms with Crippen molar-refractivity contribution in [2.24, 2.45) is 5.92 Å². The number of hydrogen-bond acceptors (Lipinski definition) is 3. The Balaban J connectivity index is 2.13. The van der Waals surface area contributed by atoms with Crippen molar-refractivity contribution in [1.82, 2.24) is 9.88 Å². The fourth-order valence-electron chi connectivity index (χ4n) is 2.01. The highest BCUT2D eigenvalue weighted by Crippen LogP contribution is 2.19. The average molecular weight is 234 g/mol. The highest BCUT2D eigenvalue weighted by Gasteiger charge is 2.32. The maximum absolute atomic E-state index is 12.1. The first-order valence-corrected chi connectivity index (χ1v) is 5.53. The number of aliphatic carboxylic acids is 1. The summed E-state index contributed by atoms with van der Waals surface area (Å²) in [6.45, 7) is 2.60. The molecule has 1 saturated heterocycles. The van der Waals surface area contributed by atoms with Crippen LogP contribution in [0.2, 0.25) is 0 Å². The highest BCUT2D eigenvalue weighted by molar-refractivity contribution is 5.94. The Morgan fingerprint density at radius 2 is 2.29 bits per heavy atom. The Kier molecular flexibility index (Phi) is 3.08. The summed E-state index contributed by atoms with van der Waals surface area (Å²) in [6.07, 6.45) is 2.10. The van der Waals surface area contributed by atoms with Gasteiger partial charge in [0.1, 0.15) is 5.69 Å². The van der Waals surface area contributed by atoms with E-state index >= 15 is 0 Å². The molecule has 17 heavy (non-hydrogen) atoms. The van der Waals surface area contributed by atoms with E-state index in [2.05, 4.69) is 4.98 Å². The number of aromatic nitrogens is 1. The third kappa shape index (κ3) is 2.27. The summed E-state index contributed by atoms with van der Waals surface area (Å²) in [6, 6.07) is 3.60. The first-order chi connectivity index (χ1) is 8.09. The predicted octanol–water partition coefficient (Wildman–Crippen LogP) is 0.937. The SMILES string of the molecule is Cc1cccnc1C(=O)N1CCC(C(=O)O)C1. The molecular formula is C12H14N2O3. The zero-order valence-electron chi connectivity index (χ0n) is 9.59. The molecule has 1 atom stereocenters. The van der Waals surface area contributed by atoms with Gasteiger partial charge < -0.3 is 10.0 Å². The largest absolute Gasteiger partial charge is 0.481 e. The van der Waals surface area contributed by atoms with E-state index in [-0.39, 0.29) is 12.5 Å². The van der Waals surface area contributed by atoms with E-state index in [1.165, 1.54) is 0 Å². The number of rotatable bonds is 2. The minimum atomic E-state index is -0.835. The van der Waals surface area contributed by atoms with Gasteiger partial charge in [-0.05, 0) is 25.0 Å². The van der Waals surface area contributed by atoms with Gasteiger partial charge >= 0.3 is 5.97 Å². The van der Waals surface area contributed by atoms with Crippen LogP contribution in [0.15, 0.2) is 18.3 Å². The second-order valence-corrected chi connectivity index (χ2v) is 4.24. The van der Waals surface area contributed by atoms with E-state index in [1.54, 1.807) is 17.2 Å². The van der Waals surface area contributed by atoms with Crippen molar-refractivity contribution in [2.75, 3.05) is 13.1 Å². The van der Waals surface area contributed by atoms with Crippen molar-refractivity contribution in [2.45, 2.75) is 13.3 Å². The quantitative estimate of drug-likeness (QED) is 0.826. The summed E-state index contributed by atoms with van der Waals surface area (Å²) in [5, 5.41) is 8.88. The molecule has 5 heteroatoms. The van der Waals surface area contributed by atoms with Crippen molar-refractivity contribution >= 4 is 11.9 Å². The Morgan fingerprint density at radius 3 is 2.88 bits per heavy atom. The van der Waals surface area contributed by atoms with Crippen molar-refractivity contribution in [3.05, 3.63) is 29.6 Å². The number of nitrogens with zero attached hydrogens (tertiary/aromatic N) is 2. The number of amides is 1. The van der Waals surface area contributed by atoms with Crippen LogP contribution in [0.25, 0.3) is 0 Å². The molecule has 0 aliphatic carbocycles. The van der Waals surface area contributed by atoms with Gasteiger partial charge in [0.25, 0.3) is 5.91 Å². The van der Waals surface area contributed by atoms with Crippen molar-refractivity contribution in [3.63, 3.8) is 0 Å². The first kappa shape index (κ1) is 11.6. The summed E-state index contributed by atoms with van der Waals surface area (Å²) in [5.41, 5.74) is 1.23. The zero-order valence-corrected chi connectivity index (χ0v) is 9.59. The minimum absolute atomic E-state index is 0.174. The van der Waals surface area contributed by atoms with Gasteiger partial charge in [0.05, 0.1) is 5.92 Å². The third-order valence-electron chi connectivity index (χ3n) is 3.04. The average Bonchev–Trinajstić information content (AvgIpc) is 2.78. The maximum Gasteiger partial charge on any atom is 0.308 e. The minimum Gasteiger partial charge on any atom is -0.481 e. The Morgan fingerprint density at radius 1 is 1.53 bits per heavy atom. The fourth-order valence-corrected chi connectivity index (χ4v) is 2.01. The van der Waals surface area contributed by atoms with Crippen LogP contribution in [0.4, 0.5) is 0 Å². The van der Waals surface area contributed by atoms with Gasteiger partial charge in [-0.15, -0.1) is 0 Å². The van der Waals surface area contributed by atoms with E-state index in [0.29, 0.717) is 18.7 Å². The molecule has 0 saturated carbocycles. The van der Waals surface area contributed by atoms with Crippen LogP contribution in [0.5, 0.6) is 0 Å². The molecule has 0 spiro atoms. The number of carbonyl (C=O) groups excluding carboxylic acids is 1. The molecular weight excluding hydrogens is 220 g/mol. The lowest BCUT2D eigenvalue weighted by Gasteiger charge is -2.16. The summed E-state index contributed by atoms with van der Waals surface area (Å²) >= 11 is 0. The van der Waals surface area contributed by atoms with Crippen molar-refractivity contribution < 1.29 is 14.7 Å². The molecule has 1 fully saturated rings. The van der Waals surface area contributed by atoms with Crippen LogP contribution in [0.3, 0.4) is 0 Å². The standard InChI is InChI=1S/C12H14N2O3/c1-8-3-2-5-13-10(8)11(15)14-6-4-9(7-14)12(16)17/h2-3,5,9H,4,6-7H2,1H3,(H,16,17). The first-order valence-electron chi connectivity index (χ1n) is 5.53. The number of carboxylic acid groups (broad SMARTS) is 1. The molecule has 1 unspecified atom stereocenters. The Bertz CT molecular complexity index is 459. The molecule has 0 bridgehead atoms. The van der Waals surface area contributed by atoms with E-state index in [1.807, 2.05) is 13.0 Å². The lowest BCUT2D eigenvalue weighted by Crippen LogP contribution is -2.31. The van der Waals surface area contributed by atoms with E-state index in [4.69, 9.17) is 5.11 Å². The van der Waals surface area contributed by atoms with Crippen LogP contribution in [-0.4, -0.2) is 40.0 Å².